The molecule has 154 valence electrons. The molecule has 3 amide bonds. The maximum atomic E-state index is 12.3. The number of amides is 3. The predicted octanol–water partition coefficient (Wildman–Crippen LogP) is 3.01. The number of hydrogen-bond donors (Lipinski definition) is 3. The molecule has 0 aromatic heterocycles. The number of hydrogen-bond acceptors (Lipinski definition) is 4. The van der Waals surface area contributed by atoms with E-state index in [2.05, 4.69) is 20.9 Å². The van der Waals surface area contributed by atoms with Crippen molar-refractivity contribution in [1.82, 2.24) is 15.5 Å². The number of nitrogens with one attached hydrogen (secondary N) is 3. The second-order valence-electron chi connectivity index (χ2n) is 7.41. The normalized spacial score (nSPS) is 14.2. The van der Waals surface area contributed by atoms with Crippen molar-refractivity contribution < 1.29 is 14.3 Å². The van der Waals surface area contributed by atoms with E-state index in [1.54, 1.807) is 31.4 Å². The zero-order valence-corrected chi connectivity index (χ0v) is 17.1. The number of carbonyl (C=O) groups excluding carboxylic acids is 2. The largest absolute Gasteiger partial charge is 0.497 e. The molecular formula is C22H28N4O3. The van der Waals surface area contributed by atoms with E-state index in [1.165, 1.54) is 0 Å². The molecular weight excluding hydrogens is 368 g/mol. The molecule has 0 bridgehead atoms. The van der Waals surface area contributed by atoms with Crippen LogP contribution in [0.25, 0.3) is 0 Å². The second kappa shape index (κ2) is 9.43. The Labute approximate surface area is 171 Å². The van der Waals surface area contributed by atoms with E-state index in [-0.39, 0.29) is 18.0 Å². The van der Waals surface area contributed by atoms with E-state index >= 15 is 0 Å². The highest BCUT2D eigenvalue weighted by Gasteiger charge is 2.23. The molecule has 0 heterocycles. The van der Waals surface area contributed by atoms with Crippen molar-refractivity contribution >= 4 is 17.6 Å². The van der Waals surface area contributed by atoms with Gasteiger partial charge in [0.05, 0.1) is 13.2 Å². The van der Waals surface area contributed by atoms with Crippen LogP contribution in [0.2, 0.25) is 0 Å². The number of nitrogens with zero attached hydrogens (tertiary/aromatic N) is 1. The van der Waals surface area contributed by atoms with Crippen LogP contribution < -0.4 is 20.7 Å². The molecule has 1 atom stereocenters. The van der Waals surface area contributed by atoms with Crippen molar-refractivity contribution in [3.05, 3.63) is 59.7 Å². The van der Waals surface area contributed by atoms with E-state index in [9.17, 15) is 9.59 Å². The summed E-state index contributed by atoms with van der Waals surface area (Å²) in [6.07, 6.45) is 2.10. The van der Waals surface area contributed by atoms with E-state index in [1.807, 2.05) is 38.4 Å². The van der Waals surface area contributed by atoms with Gasteiger partial charge in [0.15, 0.2) is 0 Å². The fraction of sp³-hybridized carbons (Fsp3) is 0.364. The molecule has 3 N–H and O–H groups in total. The Hall–Kier alpha value is -3.06. The highest BCUT2D eigenvalue weighted by molar-refractivity contribution is 5.95. The van der Waals surface area contributed by atoms with Gasteiger partial charge in [0, 0.05) is 23.8 Å². The number of urea groups is 1. The first-order valence-electron chi connectivity index (χ1n) is 9.72. The summed E-state index contributed by atoms with van der Waals surface area (Å²) in [4.78, 5) is 26.4. The van der Waals surface area contributed by atoms with Crippen LogP contribution >= 0.6 is 0 Å². The van der Waals surface area contributed by atoms with Crippen LogP contribution in [-0.2, 0) is 0 Å². The number of methoxy groups -OCH3 is 1. The zero-order chi connectivity index (χ0) is 20.8. The summed E-state index contributed by atoms with van der Waals surface area (Å²) in [6.45, 7) is 0.451. The third-order valence-electron chi connectivity index (χ3n) is 4.90. The van der Waals surface area contributed by atoms with Gasteiger partial charge in [0.2, 0.25) is 0 Å². The Morgan fingerprint density at radius 1 is 1.07 bits per heavy atom. The standard InChI is InChI=1S/C22H28N4O3/c1-26(2)20(15-6-12-19(29-3)13-7-15)14-23-22(28)25-18-8-4-16(5-9-18)21(27)24-17-10-11-17/h4-9,12-13,17,20H,10-11,14H2,1-3H3,(H,24,27)(H2,23,25,28)/t20-/m1/s1. The molecule has 1 saturated carbocycles. The fourth-order valence-electron chi connectivity index (χ4n) is 2.99. The fourth-order valence-corrected chi connectivity index (χ4v) is 2.99. The maximum Gasteiger partial charge on any atom is 0.319 e. The van der Waals surface area contributed by atoms with Crippen molar-refractivity contribution in [2.24, 2.45) is 0 Å². The first kappa shape index (κ1) is 20.7. The van der Waals surface area contributed by atoms with E-state index in [4.69, 9.17) is 4.74 Å². The van der Waals surface area contributed by atoms with Crippen LogP contribution in [0.15, 0.2) is 48.5 Å². The predicted molar refractivity (Wildman–Crippen MR) is 113 cm³/mol. The van der Waals surface area contributed by atoms with Gasteiger partial charge in [-0.15, -0.1) is 0 Å². The van der Waals surface area contributed by atoms with E-state index in [0.717, 1.165) is 24.2 Å². The summed E-state index contributed by atoms with van der Waals surface area (Å²) >= 11 is 0. The molecule has 0 spiro atoms. The van der Waals surface area contributed by atoms with Crippen LogP contribution in [-0.4, -0.2) is 50.6 Å². The van der Waals surface area contributed by atoms with Crippen molar-refractivity contribution in [3.63, 3.8) is 0 Å². The lowest BCUT2D eigenvalue weighted by Gasteiger charge is -2.25. The van der Waals surface area contributed by atoms with Gasteiger partial charge < -0.3 is 25.6 Å². The van der Waals surface area contributed by atoms with Crippen LogP contribution in [0.4, 0.5) is 10.5 Å². The lowest BCUT2D eigenvalue weighted by molar-refractivity contribution is 0.0951. The Kier molecular flexibility index (Phi) is 6.72. The zero-order valence-electron chi connectivity index (χ0n) is 17.1. The quantitative estimate of drug-likeness (QED) is 0.641. The smallest absolute Gasteiger partial charge is 0.319 e. The molecule has 7 heteroatoms. The summed E-state index contributed by atoms with van der Waals surface area (Å²) in [7, 11) is 5.58. The SMILES string of the molecule is COc1ccc([C@@H](CNC(=O)Nc2ccc(C(=O)NC3CC3)cc2)N(C)C)cc1. The number of carbonyl (C=O) groups is 2. The molecule has 0 unspecified atom stereocenters. The summed E-state index contributed by atoms with van der Waals surface area (Å²) < 4.78 is 5.20. The maximum absolute atomic E-state index is 12.3. The topological polar surface area (TPSA) is 82.7 Å². The van der Waals surface area contributed by atoms with Gasteiger partial charge in [-0.05, 0) is 68.9 Å². The molecule has 2 aromatic rings. The van der Waals surface area contributed by atoms with Crippen molar-refractivity contribution in [2.75, 3.05) is 33.1 Å². The average molecular weight is 396 g/mol. The first-order chi connectivity index (χ1) is 14.0. The minimum Gasteiger partial charge on any atom is -0.497 e. The Morgan fingerprint density at radius 2 is 1.72 bits per heavy atom. The molecule has 0 saturated heterocycles. The van der Waals surface area contributed by atoms with Gasteiger partial charge in [-0.25, -0.2) is 4.79 Å². The lowest BCUT2D eigenvalue weighted by atomic mass is 10.1. The Morgan fingerprint density at radius 3 is 2.28 bits per heavy atom. The van der Waals surface area contributed by atoms with Gasteiger partial charge in [-0.2, -0.15) is 0 Å². The molecule has 0 radical (unpaired) electrons. The molecule has 7 nitrogen and oxygen atoms in total. The van der Waals surface area contributed by atoms with Crippen molar-refractivity contribution in [2.45, 2.75) is 24.9 Å². The van der Waals surface area contributed by atoms with Gasteiger partial charge in [0.1, 0.15) is 5.75 Å². The molecule has 1 aliphatic rings. The molecule has 0 aliphatic heterocycles. The van der Waals surface area contributed by atoms with Crippen LogP contribution in [0.5, 0.6) is 5.75 Å². The van der Waals surface area contributed by atoms with Crippen molar-refractivity contribution in [3.8, 4) is 5.75 Å². The van der Waals surface area contributed by atoms with Gasteiger partial charge in [-0.1, -0.05) is 12.1 Å². The van der Waals surface area contributed by atoms with Crippen LogP contribution in [0.1, 0.15) is 34.8 Å². The summed E-state index contributed by atoms with van der Waals surface area (Å²) in [5.41, 5.74) is 2.31. The molecule has 1 aliphatic carbocycles. The minimum atomic E-state index is -0.291. The van der Waals surface area contributed by atoms with Crippen LogP contribution in [0, 0.1) is 0 Å². The number of benzene rings is 2. The summed E-state index contributed by atoms with van der Waals surface area (Å²) in [6, 6.07) is 14.8. The second-order valence-corrected chi connectivity index (χ2v) is 7.41. The minimum absolute atomic E-state index is 0.0279. The number of rotatable bonds is 8. The number of ether oxygens (including phenoxy) is 1. The summed E-state index contributed by atoms with van der Waals surface area (Å²) in [5.74, 6) is 0.725. The number of anilines is 1. The van der Waals surface area contributed by atoms with Gasteiger partial charge >= 0.3 is 6.03 Å². The van der Waals surface area contributed by atoms with Gasteiger partial charge in [-0.3, -0.25) is 4.79 Å². The lowest BCUT2D eigenvalue weighted by Crippen LogP contribution is -2.36. The number of likely N-dealkylation sites (N-methyl/N-ethyl adjacent to an activating group) is 1. The summed E-state index contributed by atoms with van der Waals surface area (Å²) in [5, 5.41) is 8.66. The third kappa shape index (κ3) is 5.96. The Balaban J connectivity index is 1.52. The van der Waals surface area contributed by atoms with E-state index in [0.29, 0.717) is 23.8 Å². The van der Waals surface area contributed by atoms with Crippen molar-refractivity contribution in [1.29, 1.82) is 0 Å². The molecule has 2 aromatic carbocycles. The monoisotopic (exact) mass is 396 g/mol. The molecule has 1 fully saturated rings. The third-order valence-corrected chi connectivity index (χ3v) is 4.90. The van der Waals surface area contributed by atoms with Gasteiger partial charge in [0.25, 0.3) is 5.91 Å². The van der Waals surface area contributed by atoms with Crippen LogP contribution in [0.3, 0.4) is 0 Å². The Bertz CT molecular complexity index is 830. The highest BCUT2D eigenvalue weighted by atomic mass is 16.5. The molecule has 29 heavy (non-hydrogen) atoms. The average Bonchev–Trinajstić information content (AvgIpc) is 3.53. The molecule has 3 rings (SSSR count). The van der Waals surface area contributed by atoms with E-state index < -0.39 is 0 Å². The first-order valence-corrected chi connectivity index (χ1v) is 9.72. The highest BCUT2D eigenvalue weighted by Crippen LogP contribution is 2.21.